The largest absolute Gasteiger partial charge is 0.300 e. The summed E-state index contributed by atoms with van der Waals surface area (Å²) in [6, 6.07) is 1.89. The molecule has 0 aromatic carbocycles. The van der Waals surface area contributed by atoms with Crippen LogP contribution in [0.15, 0.2) is 0 Å². The van der Waals surface area contributed by atoms with Gasteiger partial charge in [0.05, 0.1) is 0 Å². The first-order valence-electron chi connectivity index (χ1n) is 6.44. The molecule has 0 spiro atoms. The van der Waals surface area contributed by atoms with Gasteiger partial charge in [0.1, 0.15) is 0 Å². The fourth-order valence-electron chi connectivity index (χ4n) is 2.86. The summed E-state index contributed by atoms with van der Waals surface area (Å²) in [5, 5.41) is 0. The van der Waals surface area contributed by atoms with Crippen LogP contribution in [0, 0.1) is 5.92 Å². The van der Waals surface area contributed by atoms with Gasteiger partial charge in [0.15, 0.2) is 0 Å². The van der Waals surface area contributed by atoms with E-state index in [1.807, 2.05) is 0 Å². The van der Waals surface area contributed by atoms with Crippen molar-refractivity contribution in [3.05, 3.63) is 0 Å². The highest BCUT2D eigenvalue weighted by Crippen LogP contribution is 2.38. The van der Waals surface area contributed by atoms with Crippen molar-refractivity contribution in [3.63, 3.8) is 0 Å². The van der Waals surface area contributed by atoms with Gasteiger partial charge in [0, 0.05) is 12.1 Å². The van der Waals surface area contributed by atoms with E-state index in [-0.39, 0.29) is 0 Å². The van der Waals surface area contributed by atoms with E-state index in [2.05, 4.69) is 32.7 Å². The number of rotatable bonds is 1. The molecule has 0 N–H and O–H groups in total. The molecular formula is C13H27N. The average Bonchev–Trinajstić information content (AvgIpc) is 2.43. The summed E-state index contributed by atoms with van der Waals surface area (Å²) in [6.07, 6.45) is 8.54. The lowest BCUT2D eigenvalue weighted by atomic mass is 9.89. The van der Waals surface area contributed by atoms with E-state index >= 15 is 0 Å². The first-order chi connectivity index (χ1) is 6.72. The van der Waals surface area contributed by atoms with Crippen molar-refractivity contribution in [3.8, 4) is 0 Å². The molecule has 0 radical (unpaired) electrons. The molecule has 0 amide bonds. The minimum atomic E-state index is 0.943. The Kier molecular flexibility index (Phi) is 4.94. The smallest absolute Gasteiger partial charge is 0.00983 e. The number of fused-ring (bicyclic) bond motifs is 2. The van der Waals surface area contributed by atoms with Crippen LogP contribution in [0.3, 0.4) is 0 Å². The van der Waals surface area contributed by atoms with E-state index in [4.69, 9.17) is 0 Å². The van der Waals surface area contributed by atoms with Gasteiger partial charge < -0.3 is 4.90 Å². The van der Waals surface area contributed by atoms with Crippen LogP contribution in [0.1, 0.15) is 59.3 Å². The summed E-state index contributed by atoms with van der Waals surface area (Å²) in [6.45, 7) is 6.59. The number of hydrogen-bond acceptors (Lipinski definition) is 1. The Bertz CT molecular complexity index is 141. The molecule has 14 heavy (non-hydrogen) atoms. The summed E-state index contributed by atoms with van der Waals surface area (Å²) in [5.74, 6) is 1.05. The normalized spacial score (nSPS) is 36.4. The summed E-state index contributed by atoms with van der Waals surface area (Å²) >= 11 is 0. The Labute approximate surface area is 89.9 Å². The van der Waals surface area contributed by atoms with Crippen LogP contribution < -0.4 is 0 Å². The standard InChI is InChI=1S/C10H19N.C3H8/c1-3-8-6-9-4-5-10(7-8)11(9)2;1-3-2/h8-10H,3-7H2,1-2H3;3H2,1-2H3/t8?,9-,10?;/m0./s1. The Balaban J connectivity index is 0.000000293. The highest BCUT2D eigenvalue weighted by Gasteiger charge is 2.37. The van der Waals surface area contributed by atoms with Gasteiger partial charge in [-0.15, -0.1) is 0 Å². The first-order valence-corrected chi connectivity index (χ1v) is 6.44. The molecule has 1 nitrogen and oxygen atoms in total. The number of piperidine rings is 1. The zero-order valence-electron chi connectivity index (χ0n) is 10.4. The van der Waals surface area contributed by atoms with Gasteiger partial charge in [-0.25, -0.2) is 0 Å². The van der Waals surface area contributed by atoms with Gasteiger partial charge in [0.2, 0.25) is 0 Å². The van der Waals surface area contributed by atoms with Crippen molar-refractivity contribution in [1.82, 2.24) is 4.90 Å². The molecule has 2 rings (SSSR count). The zero-order valence-corrected chi connectivity index (χ0v) is 10.4. The van der Waals surface area contributed by atoms with E-state index in [1.54, 1.807) is 0 Å². The molecule has 0 saturated carbocycles. The molecule has 1 heteroatoms. The monoisotopic (exact) mass is 197 g/mol. The molecule has 0 aromatic heterocycles. The minimum Gasteiger partial charge on any atom is -0.300 e. The molecule has 2 aliphatic heterocycles. The van der Waals surface area contributed by atoms with Crippen molar-refractivity contribution >= 4 is 0 Å². The Morgan fingerprint density at radius 3 is 1.79 bits per heavy atom. The summed E-state index contributed by atoms with van der Waals surface area (Å²) < 4.78 is 0. The molecule has 2 aliphatic rings. The van der Waals surface area contributed by atoms with E-state index in [0.29, 0.717) is 0 Å². The van der Waals surface area contributed by atoms with E-state index in [1.165, 1.54) is 38.5 Å². The van der Waals surface area contributed by atoms with Crippen LogP contribution in [0.2, 0.25) is 0 Å². The molecule has 84 valence electrons. The third-order valence-electron chi connectivity index (χ3n) is 3.77. The third-order valence-corrected chi connectivity index (χ3v) is 3.77. The van der Waals surface area contributed by atoms with Gasteiger partial charge in [-0.05, 0) is 38.6 Å². The van der Waals surface area contributed by atoms with Gasteiger partial charge >= 0.3 is 0 Å². The molecular weight excluding hydrogens is 170 g/mol. The lowest BCUT2D eigenvalue weighted by Gasteiger charge is -2.35. The lowest BCUT2D eigenvalue weighted by Crippen LogP contribution is -2.39. The van der Waals surface area contributed by atoms with Gasteiger partial charge in [0.25, 0.3) is 0 Å². The minimum absolute atomic E-state index is 0.943. The van der Waals surface area contributed by atoms with Crippen LogP contribution in [-0.2, 0) is 0 Å². The molecule has 2 heterocycles. The highest BCUT2D eigenvalue weighted by atomic mass is 15.2. The van der Waals surface area contributed by atoms with Crippen LogP contribution in [0.5, 0.6) is 0 Å². The maximum Gasteiger partial charge on any atom is 0.00983 e. The molecule has 0 aromatic rings. The van der Waals surface area contributed by atoms with Gasteiger partial charge in [-0.1, -0.05) is 33.6 Å². The number of hydrogen-bond donors (Lipinski definition) is 0. The SMILES string of the molecule is CCC.CCC1CC2CC[C@@H](C1)N2C. The molecule has 3 atom stereocenters. The summed E-state index contributed by atoms with van der Waals surface area (Å²) in [5.41, 5.74) is 0. The lowest BCUT2D eigenvalue weighted by molar-refractivity contribution is 0.132. The molecule has 2 bridgehead atoms. The van der Waals surface area contributed by atoms with Crippen LogP contribution in [0.4, 0.5) is 0 Å². The Morgan fingerprint density at radius 2 is 1.43 bits per heavy atom. The fourth-order valence-corrected chi connectivity index (χ4v) is 2.86. The number of nitrogens with zero attached hydrogens (tertiary/aromatic N) is 1. The van der Waals surface area contributed by atoms with Crippen molar-refractivity contribution < 1.29 is 0 Å². The predicted molar refractivity (Wildman–Crippen MR) is 63.6 cm³/mol. The zero-order chi connectivity index (χ0) is 10.6. The van der Waals surface area contributed by atoms with Gasteiger partial charge in [-0.2, -0.15) is 0 Å². The molecule has 2 fully saturated rings. The Morgan fingerprint density at radius 1 is 1.00 bits per heavy atom. The third kappa shape index (κ3) is 2.73. The van der Waals surface area contributed by atoms with E-state index < -0.39 is 0 Å². The molecule has 0 aliphatic carbocycles. The van der Waals surface area contributed by atoms with Crippen molar-refractivity contribution in [2.75, 3.05) is 7.05 Å². The van der Waals surface area contributed by atoms with Crippen LogP contribution >= 0.6 is 0 Å². The second-order valence-electron chi connectivity index (χ2n) is 5.00. The predicted octanol–water partition coefficient (Wildman–Crippen LogP) is 3.69. The first kappa shape index (κ1) is 12.0. The maximum absolute atomic E-state index is 2.62. The van der Waals surface area contributed by atoms with Crippen LogP contribution in [-0.4, -0.2) is 24.0 Å². The van der Waals surface area contributed by atoms with Crippen LogP contribution in [0.25, 0.3) is 0 Å². The quantitative estimate of drug-likeness (QED) is 0.620. The van der Waals surface area contributed by atoms with Crippen molar-refractivity contribution in [2.24, 2.45) is 5.92 Å². The second-order valence-corrected chi connectivity index (χ2v) is 5.00. The second kappa shape index (κ2) is 5.75. The van der Waals surface area contributed by atoms with Crippen molar-refractivity contribution in [2.45, 2.75) is 71.4 Å². The topological polar surface area (TPSA) is 3.24 Å². The van der Waals surface area contributed by atoms with E-state index in [9.17, 15) is 0 Å². The maximum atomic E-state index is 2.62. The molecule has 2 unspecified atom stereocenters. The van der Waals surface area contributed by atoms with Crippen molar-refractivity contribution in [1.29, 1.82) is 0 Å². The highest BCUT2D eigenvalue weighted by molar-refractivity contribution is 4.92. The van der Waals surface area contributed by atoms with E-state index in [0.717, 1.165) is 18.0 Å². The fraction of sp³-hybridized carbons (Fsp3) is 1.00. The summed E-state index contributed by atoms with van der Waals surface area (Å²) in [4.78, 5) is 2.62. The van der Waals surface area contributed by atoms with Gasteiger partial charge in [-0.3, -0.25) is 0 Å². The molecule has 2 saturated heterocycles. The Hall–Kier alpha value is -0.0400. The summed E-state index contributed by atoms with van der Waals surface area (Å²) in [7, 11) is 2.31. The average molecular weight is 197 g/mol.